The summed E-state index contributed by atoms with van der Waals surface area (Å²) in [7, 11) is -3.71. The summed E-state index contributed by atoms with van der Waals surface area (Å²) < 4.78 is 40.1. The van der Waals surface area contributed by atoms with Crippen LogP contribution >= 0.6 is 12.4 Å². The van der Waals surface area contributed by atoms with Crippen LogP contribution in [-0.2, 0) is 14.8 Å². The molecule has 2 N–H and O–H groups in total. The maximum Gasteiger partial charge on any atom is 0.243 e. The Kier molecular flexibility index (Phi) is 6.64. The quantitative estimate of drug-likeness (QED) is 0.764. The predicted octanol–water partition coefficient (Wildman–Crippen LogP) is 2.05. The summed E-state index contributed by atoms with van der Waals surface area (Å²) in [6, 6.07) is 6.02. The number of nitrogens with zero attached hydrogens (tertiary/aromatic N) is 1. The minimum Gasteiger partial charge on any atom is -0.353 e. The molecule has 3 heterocycles. The number of hydrogen-bond acceptors (Lipinski definition) is 4. The zero-order valence-corrected chi connectivity index (χ0v) is 17.3. The van der Waals surface area contributed by atoms with Crippen LogP contribution in [0.15, 0.2) is 29.2 Å². The van der Waals surface area contributed by atoms with Crippen LogP contribution < -0.4 is 10.6 Å². The van der Waals surface area contributed by atoms with Crippen LogP contribution in [0.3, 0.4) is 0 Å². The third-order valence-electron chi connectivity index (χ3n) is 6.03. The van der Waals surface area contributed by atoms with Gasteiger partial charge >= 0.3 is 0 Å². The number of rotatable bonds is 4. The molecule has 6 nitrogen and oxygen atoms in total. The van der Waals surface area contributed by atoms with Crippen LogP contribution in [0.1, 0.15) is 38.5 Å². The van der Waals surface area contributed by atoms with Gasteiger partial charge in [0.2, 0.25) is 15.9 Å². The van der Waals surface area contributed by atoms with E-state index < -0.39 is 15.8 Å². The summed E-state index contributed by atoms with van der Waals surface area (Å²) in [5.41, 5.74) is 0. The standard InChI is InChI=1S/C19H26FN3O3S.ClH/c20-14-3-7-18(8-4-14)27(25,26)23-9-1-2-13(12-23)19(24)22-17-10-15-5-6-16(11-17)21-15;/h3-4,7-8,13,15-17,21H,1-2,5-6,9-12H2,(H,22,24);1H. The second-order valence-corrected chi connectivity index (χ2v) is 9.91. The number of halogens is 2. The molecule has 3 fully saturated rings. The van der Waals surface area contributed by atoms with Crippen molar-refractivity contribution in [3.8, 4) is 0 Å². The second-order valence-electron chi connectivity index (χ2n) is 7.97. The molecule has 0 spiro atoms. The van der Waals surface area contributed by atoms with E-state index in [1.807, 2.05) is 0 Å². The van der Waals surface area contributed by atoms with Crippen LogP contribution in [-0.4, -0.2) is 49.8 Å². The van der Waals surface area contributed by atoms with Gasteiger partial charge in [-0.3, -0.25) is 4.79 Å². The zero-order valence-electron chi connectivity index (χ0n) is 15.6. The van der Waals surface area contributed by atoms with Gasteiger partial charge in [0.25, 0.3) is 0 Å². The minimum absolute atomic E-state index is 0. The van der Waals surface area contributed by atoms with Crippen LogP contribution in [0, 0.1) is 11.7 Å². The van der Waals surface area contributed by atoms with E-state index in [0.717, 1.165) is 25.0 Å². The van der Waals surface area contributed by atoms with Crippen molar-refractivity contribution in [2.24, 2.45) is 5.92 Å². The van der Waals surface area contributed by atoms with Gasteiger partial charge in [-0.2, -0.15) is 4.31 Å². The number of benzene rings is 1. The molecule has 0 saturated carbocycles. The fourth-order valence-corrected chi connectivity index (χ4v) is 6.15. The van der Waals surface area contributed by atoms with Gasteiger partial charge in [0.1, 0.15) is 5.82 Å². The second kappa shape index (κ2) is 8.65. The molecule has 3 unspecified atom stereocenters. The van der Waals surface area contributed by atoms with Gasteiger partial charge in [0, 0.05) is 31.2 Å². The first kappa shape index (κ1) is 21.5. The van der Waals surface area contributed by atoms with Crippen molar-refractivity contribution in [3.63, 3.8) is 0 Å². The molecule has 9 heteroatoms. The Morgan fingerprint density at radius 1 is 1.11 bits per heavy atom. The molecule has 3 atom stereocenters. The lowest BCUT2D eigenvalue weighted by Crippen LogP contribution is -2.51. The Labute approximate surface area is 171 Å². The molecule has 0 aromatic heterocycles. The number of piperidine rings is 2. The molecule has 28 heavy (non-hydrogen) atoms. The highest BCUT2D eigenvalue weighted by molar-refractivity contribution is 7.89. The first-order chi connectivity index (χ1) is 12.9. The normalized spacial score (nSPS) is 30.5. The molecule has 0 aliphatic carbocycles. The number of nitrogens with one attached hydrogen (secondary N) is 2. The molecular formula is C19H27ClFN3O3S. The van der Waals surface area contributed by atoms with Gasteiger partial charge in [-0.1, -0.05) is 0 Å². The monoisotopic (exact) mass is 431 g/mol. The third-order valence-corrected chi connectivity index (χ3v) is 7.91. The summed E-state index contributed by atoms with van der Waals surface area (Å²) in [5, 5.41) is 6.72. The maximum absolute atomic E-state index is 13.1. The molecule has 1 aromatic rings. The van der Waals surface area contributed by atoms with E-state index in [1.54, 1.807) is 0 Å². The van der Waals surface area contributed by atoms with Crippen LogP contribution in [0.4, 0.5) is 4.39 Å². The first-order valence-electron chi connectivity index (χ1n) is 9.74. The van der Waals surface area contributed by atoms with E-state index in [0.29, 0.717) is 31.5 Å². The fourth-order valence-electron chi connectivity index (χ4n) is 4.62. The van der Waals surface area contributed by atoms with Gasteiger partial charge < -0.3 is 10.6 Å². The number of amides is 1. The van der Waals surface area contributed by atoms with Crippen LogP contribution in [0.2, 0.25) is 0 Å². The average Bonchev–Trinajstić information content (AvgIpc) is 3.00. The highest BCUT2D eigenvalue weighted by Crippen LogP contribution is 2.28. The highest BCUT2D eigenvalue weighted by atomic mass is 35.5. The average molecular weight is 432 g/mol. The number of fused-ring (bicyclic) bond motifs is 2. The molecule has 156 valence electrons. The van der Waals surface area contributed by atoms with Crippen molar-refractivity contribution < 1.29 is 17.6 Å². The predicted molar refractivity (Wildman–Crippen MR) is 106 cm³/mol. The summed E-state index contributed by atoms with van der Waals surface area (Å²) >= 11 is 0. The molecule has 3 aliphatic heterocycles. The van der Waals surface area contributed by atoms with Crippen molar-refractivity contribution in [2.75, 3.05) is 13.1 Å². The summed E-state index contributed by atoms with van der Waals surface area (Å²) in [6.45, 7) is 0.574. The van der Waals surface area contributed by atoms with E-state index in [1.165, 1.54) is 29.3 Å². The number of carbonyl (C=O) groups excluding carboxylic acids is 1. The lowest BCUT2D eigenvalue weighted by Gasteiger charge is -2.34. The SMILES string of the molecule is Cl.O=C(NC1CC2CCC(C1)N2)C1CCCN(S(=O)(=O)c2ccc(F)cc2)C1. The van der Waals surface area contributed by atoms with E-state index in [2.05, 4.69) is 10.6 Å². The lowest BCUT2D eigenvalue weighted by molar-refractivity contribution is -0.127. The van der Waals surface area contributed by atoms with E-state index in [9.17, 15) is 17.6 Å². The molecule has 4 rings (SSSR count). The molecular weight excluding hydrogens is 405 g/mol. The summed E-state index contributed by atoms with van der Waals surface area (Å²) in [5.74, 6) is -0.845. The van der Waals surface area contributed by atoms with Crippen molar-refractivity contribution in [2.45, 2.75) is 61.5 Å². The Balaban J connectivity index is 0.00000225. The van der Waals surface area contributed by atoms with Crippen molar-refractivity contribution in [1.29, 1.82) is 0 Å². The van der Waals surface area contributed by atoms with E-state index >= 15 is 0 Å². The molecule has 3 saturated heterocycles. The topological polar surface area (TPSA) is 78.5 Å². The van der Waals surface area contributed by atoms with Gasteiger partial charge in [-0.25, -0.2) is 12.8 Å². The van der Waals surface area contributed by atoms with Gasteiger partial charge in [-0.15, -0.1) is 12.4 Å². The van der Waals surface area contributed by atoms with Crippen molar-refractivity contribution >= 4 is 28.3 Å². The minimum atomic E-state index is -3.71. The van der Waals surface area contributed by atoms with Crippen molar-refractivity contribution in [3.05, 3.63) is 30.1 Å². The Hall–Kier alpha value is -1.22. The Morgan fingerprint density at radius 2 is 1.75 bits per heavy atom. The Morgan fingerprint density at radius 3 is 2.39 bits per heavy atom. The zero-order chi connectivity index (χ0) is 19.0. The molecule has 0 radical (unpaired) electrons. The third kappa shape index (κ3) is 4.50. The van der Waals surface area contributed by atoms with Gasteiger partial charge in [0.05, 0.1) is 10.8 Å². The summed E-state index contributed by atoms with van der Waals surface area (Å²) in [4.78, 5) is 12.8. The Bertz CT molecular complexity index is 793. The van der Waals surface area contributed by atoms with E-state index in [-0.39, 0.29) is 41.7 Å². The molecule has 3 aliphatic rings. The fraction of sp³-hybridized carbons (Fsp3) is 0.632. The molecule has 1 amide bonds. The first-order valence-corrected chi connectivity index (χ1v) is 11.2. The number of hydrogen-bond donors (Lipinski definition) is 2. The highest BCUT2D eigenvalue weighted by Gasteiger charge is 2.37. The smallest absolute Gasteiger partial charge is 0.243 e. The van der Waals surface area contributed by atoms with Crippen LogP contribution in [0.25, 0.3) is 0 Å². The van der Waals surface area contributed by atoms with Gasteiger partial charge in [0.15, 0.2) is 0 Å². The molecule has 1 aromatic carbocycles. The molecule has 2 bridgehead atoms. The van der Waals surface area contributed by atoms with E-state index in [4.69, 9.17) is 0 Å². The number of carbonyl (C=O) groups is 1. The lowest BCUT2D eigenvalue weighted by atomic mass is 9.95. The summed E-state index contributed by atoms with van der Waals surface area (Å²) in [6.07, 6.45) is 5.59. The van der Waals surface area contributed by atoms with Crippen LogP contribution in [0.5, 0.6) is 0 Å². The van der Waals surface area contributed by atoms with Gasteiger partial charge in [-0.05, 0) is 62.8 Å². The largest absolute Gasteiger partial charge is 0.353 e. The van der Waals surface area contributed by atoms with Crippen molar-refractivity contribution in [1.82, 2.24) is 14.9 Å². The number of sulfonamides is 1. The maximum atomic E-state index is 13.1.